The first kappa shape index (κ1) is 14.5. The van der Waals surface area contributed by atoms with E-state index in [2.05, 4.69) is 16.8 Å². The minimum absolute atomic E-state index is 0.155. The van der Waals surface area contributed by atoms with Crippen molar-refractivity contribution in [3.63, 3.8) is 0 Å². The Morgan fingerprint density at radius 1 is 1.29 bits per heavy atom. The smallest absolute Gasteiger partial charge is 0.244 e. The van der Waals surface area contributed by atoms with Gasteiger partial charge < -0.3 is 5.11 Å². The van der Waals surface area contributed by atoms with Crippen LogP contribution in [0.25, 0.3) is 0 Å². The molecule has 2 saturated carbocycles. The summed E-state index contributed by atoms with van der Waals surface area (Å²) in [5.41, 5.74) is 0.507. The van der Waals surface area contributed by atoms with E-state index in [4.69, 9.17) is 5.11 Å². The van der Waals surface area contributed by atoms with Gasteiger partial charge in [0.1, 0.15) is 11.5 Å². The van der Waals surface area contributed by atoms with Crippen molar-refractivity contribution < 1.29 is 13.5 Å². The van der Waals surface area contributed by atoms with Crippen molar-refractivity contribution in [1.29, 1.82) is 0 Å². The summed E-state index contributed by atoms with van der Waals surface area (Å²) in [4.78, 5) is 4.17. The van der Waals surface area contributed by atoms with E-state index in [1.807, 2.05) is 0 Å². The molecule has 1 N–H and O–H groups in total. The summed E-state index contributed by atoms with van der Waals surface area (Å²) < 4.78 is 27.2. The third-order valence-corrected chi connectivity index (χ3v) is 5.60. The topological polar surface area (TPSA) is 70.5 Å². The van der Waals surface area contributed by atoms with E-state index in [1.54, 1.807) is 4.31 Å². The fourth-order valence-electron chi connectivity index (χ4n) is 2.27. The molecular formula is C15H18N2O3S. The number of rotatable bonds is 5. The zero-order chi connectivity index (χ0) is 14.9. The highest BCUT2D eigenvalue weighted by molar-refractivity contribution is 7.89. The highest BCUT2D eigenvalue weighted by Crippen LogP contribution is 2.37. The summed E-state index contributed by atoms with van der Waals surface area (Å²) in [6, 6.07) is 1.69. The largest absolute Gasteiger partial charge is 0.384 e. The maximum atomic E-state index is 12.8. The van der Waals surface area contributed by atoms with Gasteiger partial charge in [-0.1, -0.05) is 11.8 Å². The van der Waals surface area contributed by atoms with E-state index < -0.39 is 10.0 Å². The van der Waals surface area contributed by atoms with Crippen molar-refractivity contribution in [3.05, 3.63) is 24.0 Å². The quantitative estimate of drug-likeness (QED) is 0.824. The average Bonchev–Trinajstić information content (AvgIpc) is 3.36. The van der Waals surface area contributed by atoms with Gasteiger partial charge in [0.15, 0.2) is 0 Å². The van der Waals surface area contributed by atoms with Crippen LogP contribution in [-0.4, -0.2) is 42.0 Å². The molecule has 1 aromatic rings. The van der Waals surface area contributed by atoms with Gasteiger partial charge in [0, 0.05) is 30.5 Å². The van der Waals surface area contributed by atoms with Gasteiger partial charge in [-0.25, -0.2) is 8.42 Å². The molecule has 3 rings (SSSR count). The van der Waals surface area contributed by atoms with Crippen LogP contribution in [0.5, 0.6) is 0 Å². The normalized spacial score (nSPS) is 18.4. The van der Waals surface area contributed by atoms with Gasteiger partial charge >= 0.3 is 0 Å². The van der Waals surface area contributed by atoms with Crippen LogP contribution in [0.2, 0.25) is 0 Å². The Bertz CT molecular complexity index is 682. The van der Waals surface area contributed by atoms with Crippen LogP contribution in [0.4, 0.5) is 0 Å². The minimum atomic E-state index is -3.50. The maximum Gasteiger partial charge on any atom is 0.244 e. The Morgan fingerprint density at radius 2 is 2.05 bits per heavy atom. The zero-order valence-corrected chi connectivity index (χ0v) is 12.5. The fraction of sp³-hybridized carbons (Fsp3) is 0.533. The van der Waals surface area contributed by atoms with Crippen LogP contribution >= 0.6 is 0 Å². The first-order valence-corrected chi connectivity index (χ1v) is 8.62. The van der Waals surface area contributed by atoms with E-state index in [9.17, 15) is 8.42 Å². The van der Waals surface area contributed by atoms with Crippen molar-refractivity contribution >= 4 is 10.0 Å². The second-order valence-electron chi connectivity index (χ2n) is 5.62. The summed E-state index contributed by atoms with van der Waals surface area (Å²) in [5, 5.41) is 8.71. The van der Waals surface area contributed by atoms with Crippen LogP contribution in [0, 0.1) is 17.8 Å². The molecule has 112 valence electrons. The molecule has 0 saturated heterocycles. The number of nitrogens with zero attached hydrogens (tertiary/aromatic N) is 2. The number of sulfonamides is 1. The monoisotopic (exact) mass is 306 g/mol. The first-order chi connectivity index (χ1) is 10.1. The van der Waals surface area contributed by atoms with Crippen molar-refractivity contribution in [1.82, 2.24) is 9.29 Å². The predicted molar refractivity (Wildman–Crippen MR) is 77.8 cm³/mol. The molecule has 6 heteroatoms. The van der Waals surface area contributed by atoms with Crippen LogP contribution in [0.3, 0.4) is 0 Å². The second kappa shape index (κ2) is 5.76. The van der Waals surface area contributed by atoms with Crippen molar-refractivity contribution in [2.75, 3.05) is 13.2 Å². The Labute approximate surface area is 125 Å². The summed E-state index contributed by atoms with van der Waals surface area (Å²) in [5.74, 6) is 5.72. The molecule has 2 aliphatic carbocycles. The maximum absolute atomic E-state index is 12.8. The lowest BCUT2D eigenvalue weighted by molar-refractivity contribution is 0.350. The molecule has 2 aliphatic rings. The average molecular weight is 306 g/mol. The van der Waals surface area contributed by atoms with Gasteiger partial charge in [0.25, 0.3) is 0 Å². The van der Waals surface area contributed by atoms with E-state index in [0.29, 0.717) is 18.0 Å². The van der Waals surface area contributed by atoms with Crippen molar-refractivity contribution in [2.45, 2.75) is 36.6 Å². The standard InChI is InChI=1S/C15H18N2O3S/c18-7-1-2-13-8-15(10-16-9-13)21(19,20)17(14-5-6-14)11-12-3-4-12/h8-10,12,14,18H,3-7,11H2. The summed E-state index contributed by atoms with van der Waals surface area (Å²) in [6.45, 7) is 0.367. The van der Waals surface area contributed by atoms with Gasteiger partial charge in [0.05, 0.1) is 0 Å². The molecule has 2 fully saturated rings. The summed E-state index contributed by atoms with van der Waals surface area (Å²) in [6.07, 6.45) is 7.02. The van der Waals surface area contributed by atoms with Crippen LogP contribution < -0.4 is 0 Å². The molecule has 0 radical (unpaired) electrons. The van der Waals surface area contributed by atoms with E-state index >= 15 is 0 Å². The van der Waals surface area contributed by atoms with Gasteiger partial charge in [-0.15, -0.1) is 0 Å². The number of pyridine rings is 1. The molecule has 0 aromatic carbocycles. The van der Waals surface area contributed by atoms with Crippen LogP contribution in [0.1, 0.15) is 31.2 Å². The number of aromatic nitrogens is 1. The lowest BCUT2D eigenvalue weighted by Gasteiger charge is -2.21. The van der Waals surface area contributed by atoms with E-state index in [0.717, 1.165) is 25.7 Å². The molecule has 5 nitrogen and oxygen atoms in total. The Kier molecular flexibility index (Phi) is 3.98. The molecule has 1 heterocycles. The SMILES string of the molecule is O=S(=O)(c1cncc(C#CCO)c1)N(CC1CC1)C1CC1. The molecule has 0 amide bonds. The van der Waals surface area contributed by atoms with Gasteiger partial charge in [-0.2, -0.15) is 4.31 Å². The minimum Gasteiger partial charge on any atom is -0.384 e. The molecule has 0 bridgehead atoms. The van der Waals surface area contributed by atoms with Crippen LogP contribution in [-0.2, 0) is 10.0 Å². The molecule has 1 aromatic heterocycles. The lowest BCUT2D eigenvalue weighted by atomic mass is 10.3. The number of hydrogen-bond donors (Lipinski definition) is 1. The van der Waals surface area contributed by atoms with Crippen molar-refractivity contribution in [2.24, 2.45) is 5.92 Å². The van der Waals surface area contributed by atoms with Gasteiger partial charge in [-0.05, 0) is 37.7 Å². The fourth-order valence-corrected chi connectivity index (χ4v) is 4.02. The molecule has 0 atom stereocenters. The number of aliphatic hydroxyl groups is 1. The van der Waals surface area contributed by atoms with E-state index in [1.165, 1.54) is 18.5 Å². The van der Waals surface area contributed by atoms with Gasteiger partial charge in [0.2, 0.25) is 10.0 Å². The van der Waals surface area contributed by atoms with Gasteiger partial charge in [-0.3, -0.25) is 4.98 Å². The molecule has 0 spiro atoms. The number of hydrogen-bond acceptors (Lipinski definition) is 4. The third-order valence-electron chi connectivity index (χ3n) is 3.72. The lowest BCUT2D eigenvalue weighted by Crippen LogP contribution is -2.35. The Balaban J connectivity index is 1.88. The zero-order valence-electron chi connectivity index (χ0n) is 11.7. The van der Waals surface area contributed by atoms with E-state index in [-0.39, 0.29) is 17.5 Å². The second-order valence-corrected chi connectivity index (χ2v) is 7.51. The Hall–Kier alpha value is -1.42. The predicted octanol–water partition coefficient (Wildman–Crippen LogP) is 0.989. The highest BCUT2D eigenvalue weighted by Gasteiger charge is 2.41. The Morgan fingerprint density at radius 3 is 2.67 bits per heavy atom. The first-order valence-electron chi connectivity index (χ1n) is 7.18. The molecule has 0 aliphatic heterocycles. The van der Waals surface area contributed by atoms with Crippen LogP contribution in [0.15, 0.2) is 23.4 Å². The third kappa shape index (κ3) is 3.43. The summed E-state index contributed by atoms with van der Waals surface area (Å²) in [7, 11) is -3.50. The highest BCUT2D eigenvalue weighted by atomic mass is 32.2. The molecular weight excluding hydrogens is 288 g/mol. The van der Waals surface area contributed by atoms with Crippen molar-refractivity contribution in [3.8, 4) is 11.8 Å². The number of aliphatic hydroxyl groups excluding tert-OH is 1. The summed E-state index contributed by atoms with van der Waals surface area (Å²) >= 11 is 0. The molecule has 21 heavy (non-hydrogen) atoms. The molecule has 0 unspecified atom stereocenters.